The Balaban J connectivity index is 2.39. The number of ether oxygens (including phenoxy) is 2. The molecule has 0 unspecified atom stereocenters. The van der Waals surface area contributed by atoms with Gasteiger partial charge in [0.25, 0.3) is 0 Å². The summed E-state index contributed by atoms with van der Waals surface area (Å²) in [7, 11) is -3.68. The van der Waals surface area contributed by atoms with Crippen LogP contribution in [0, 0.1) is 0 Å². The van der Waals surface area contributed by atoms with Gasteiger partial charge in [0.15, 0.2) is 11.5 Å². The van der Waals surface area contributed by atoms with Crippen molar-refractivity contribution in [3.05, 3.63) is 18.2 Å². The van der Waals surface area contributed by atoms with Crippen molar-refractivity contribution < 1.29 is 27.8 Å². The van der Waals surface area contributed by atoms with Crippen molar-refractivity contribution in [1.82, 2.24) is 0 Å². The molecule has 0 atom stereocenters. The van der Waals surface area contributed by atoms with Gasteiger partial charge in [-0.2, -0.15) is 0 Å². The van der Waals surface area contributed by atoms with E-state index < -0.39 is 22.5 Å². The predicted octanol–water partition coefficient (Wildman–Crippen LogP) is 0.308. The summed E-state index contributed by atoms with van der Waals surface area (Å²) in [5.74, 6) is -0.318. The van der Waals surface area contributed by atoms with E-state index in [0.29, 0.717) is 24.7 Å². The first kappa shape index (κ1) is 13.5. The minimum absolute atomic E-state index is 0.231. The second kappa shape index (κ2) is 4.96. The second-order valence-electron chi connectivity index (χ2n) is 3.99. The summed E-state index contributed by atoms with van der Waals surface area (Å²) in [5, 5.41) is 8.78. The molecule has 1 aliphatic heterocycles. The van der Waals surface area contributed by atoms with Crippen molar-refractivity contribution in [2.24, 2.45) is 0 Å². The van der Waals surface area contributed by atoms with Gasteiger partial charge in [0, 0.05) is 6.07 Å². The van der Waals surface area contributed by atoms with Gasteiger partial charge in [0.05, 0.1) is 11.9 Å². The second-order valence-corrected chi connectivity index (χ2v) is 5.90. The van der Waals surface area contributed by atoms with Crippen molar-refractivity contribution in [1.29, 1.82) is 0 Å². The molecule has 0 radical (unpaired) electrons. The summed E-state index contributed by atoms with van der Waals surface area (Å²) < 4.78 is 34.7. The third-order valence-electron chi connectivity index (χ3n) is 2.49. The molecule has 0 saturated carbocycles. The molecular weight excluding hydrogens is 274 g/mol. The third kappa shape index (κ3) is 3.08. The van der Waals surface area contributed by atoms with Crippen molar-refractivity contribution in [3.8, 4) is 11.5 Å². The molecule has 0 fully saturated rings. The van der Waals surface area contributed by atoms with Crippen LogP contribution in [-0.2, 0) is 14.8 Å². The molecular formula is C11H13NO6S. The maximum absolute atomic E-state index is 11.6. The predicted molar refractivity (Wildman–Crippen MR) is 67.3 cm³/mol. The highest BCUT2D eigenvalue weighted by molar-refractivity contribution is 7.92. The number of carbonyl (C=O) groups is 1. The number of anilines is 1. The van der Waals surface area contributed by atoms with Crippen LogP contribution in [0.4, 0.5) is 5.69 Å². The van der Waals surface area contributed by atoms with Gasteiger partial charge in [0.1, 0.15) is 19.8 Å². The van der Waals surface area contributed by atoms with Gasteiger partial charge in [-0.25, -0.2) is 8.42 Å². The summed E-state index contributed by atoms with van der Waals surface area (Å²) >= 11 is 0. The molecule has 1 aliphatic rings. The molecule has 0 bridgehead atoms. The van der Waals surface area contributed by atoms with Crippen LogP contribution in [0.5, 0.6) is 11.5 Å². The fraction of sp³-hybridized carbons (Fsp3) is 0.364. The number of carboxylic acid groups (broad SMARTS) is 1. The summed E-state index contributed by atoms with van der Waals surface area (Å²) in [6, 6.07) is 4.50. The Morgan fingerprint density at radius 2 is 1.95 bits per heavy atom. The lowest BCUT2D eigenvalue weighted by atomic mass is 10.2. The van der Waals surface area contributed by atoms with Crippen molar-refractivity contribution in [2.45, 2.75) is 0 Å². The Morgan fingerprint density at radius 1 is 1.32 bits per heavy atom. The van der Waals surface area contributed by atoms with Gasteiger partial charge in [0.2, 0.25) is 10.0 Å². The van der Waals surface area contributed by atoms with E-state index in [2.05, 4.69) is 0 Å². The molecule has 104 valence electrons. The van der Waals surface area contributed by atoms with E-state index in [1.54, 1.807) is 6.07 Å². The molecule has 2 rings (SSSR count). The van der Waals surface area contributed by atoms with Crippen LogP contribution in [0.1, 0.15) is 0 Å². The number of carboxylic acids is 1. The SMILES string of the molecule is CS(=O)(=O)N(CC(=O)O)c1ccc2c(c1)OCCO2. The molecule has 1 heterocycles. The van der Waals surface area contributed by atoms with Gasteiger partial charge >= 0.3 is 5.97 Å². The Labute approximate surface area is 110 Å². The number of sulfonamides is 1. The molecule has 0 saturated heterocycles. The van der Waals surface area contributed by atoms with Gasteiger partial charge in [-0.15, -0.1) is 0 Å². The first-order valence-corrected chi connectivity index (χ1v) is 7.32. The van der Waals surface area contributed by atoms with Gasteiger partial charge in [-0.05, 0) is 12.1 Å². The third-order valence-corrected chi connectivity index (χ3v) is 3.63. The Hall–Kier alpha value is -1.96. The first-order valence-electron chi connectivity index (χ1n) is 5.47. The molecule has 0 amide bonds. The van der Waals surface area contributed by atoms with E-state index in [1.165, 1.54) is 12.1 Å². The molecule has 0 aliphatic carbocycles. The van der Waals surface area contributed by atoms with Crippen LogP contribution in [-0.4, -0.2) is 45.5 Å². The van der Waals surface area contributed by atoms with Gasteiger partial charge in [-0.3, -0.25) is 9.10 Å². The summed E-state index contributed by atoms with van der Waals surface area (Å²) in [5.41, 5.74) is 0.231. The first-order chi connectivity index (χ1) is 8.88. The average molecular weight is 287 g/mol. The minimum atomic E-state index is -3.68. The summed E-state index contributed by atoms with van der Waals surface area (Å²) in [6.45, 7) is 0.157. The molecule has 1 aromatic rings. The highest BCUT2D eigenvalue weighted by atomic mass is 32.2. The zero-order valence-corrected chi connectivity index (χ0v) is 11.0. The van der Waals surface area contributed by atoms with E-state index in [9.17, 15) is 13.2 Å². The van der Waals surface area contributed by atoms with Gasteiger partial charge < -0.3 is 14.6 Å². The Kier molecular flexibility index (Phi) is 3.52. The van der Waals surface area contributed by atoms with Crippen LogP contribution >= 0.6 is 0 Å². The number of hydrogen-bond acceptors (Lipinski definition) is 5. The Bertz CT molecular complexity index is 597. The minimum Gasteiger partial charge on any atom is -0.486 e. The summed E-state index contributed by atoms with van der Waals surface area (Å²) in [6.07, 6.45) is 0.951. The topological polar surface area (TPSA) is 93.1 Å². The number of hydrogen-bond donors (Lipinski definition) is 1. The van der Waals surface area contributed by atoms with E-state index in [0.717, 1.165) is 10.6 Å². The van der Waals surface area contributed by atoms with Crippen molar-refractivity contribution >= 4 is 21.7 Å². The number of benzene rings is 1. The monoisotopic (exact) mass is 287 g/mol. The highest BCUT2D eigenvalue weighted by Gasteiger charge is 2.22. The molecule has 7 nitrogen and oxygen atoms in total. The molecule has 0 spiro atoms. The molecule has 8 heteroatoms. The molecule has 0 aromatic heterocycles. The Morgan fingerprint density at radius 3 is 2.53 bits per heavy atom. The number of aliphatic carboxylic acids is 1. The number of rotatable bonds is 4. The van der Waals surface area contributed by atoms with Crippen LogP contribution < -0.4 is 13.8 Å². The lowest BCUT2D eigenvalue weighted by Gasteiger charge is -2.23. The maximum atomic E-state index is 11.6. The van der Waals surface area contributed by atoms with Gasteiger partial charge in [-0.1, -0.05) is 0 Å². The van der Waals surface area contributed by atoms with E-state index >= 15 is 0 Å². The normalized spacial score (nSPS) is 13.9. The van der Waals surface area contributed by atoms with Crippen LogP contribution in [0.25, 0.3) is 0 Å². The van der Waals surface area contributed by atoms with Crippen molar-refractivity contribution in [3.63, 3.8) is 0 Å². The lowest BCUT2D eigenvalue weighted by molar-refractivity contribution is -0.135. The van der Waals surface area contributed by atoms with E-state index in [4.69, 9.17) is 14.6 Å². The standard InChI is InChI=1S/C11H13NO6S/c1-19(15,16)12(7-11(13)14)8-2-3-9-10(6-8)18-5-4-17-9/h2-3,6H,4-5,7H2,1H3,(H,13,14). The average Bonchev–Trinajstić information content (AvgIpc) is 2.34. The largest absolute Gasteiger partial charge is 0.486 e. The zero-order valence-electron chi connectivity index (χ0n) is 10.2. The zero-order chi connectivity index (χ0) is 14.0. The fourth-order valence-electron chi connectivity index (χ4n) is 1.71. The number of nitrogens with zero attached hydrogens (tertiary/aromatic N) is 1. The maximum Gasteiger partial charge on any atom is 0.324 e. The lowest BCUT2D eigenvalue weighted by Crippen LogP contribution is -2.34. The quantitative estimate of drug-likeness (QED) is 0.856. The summed E-state index contributed by atoms with van der Waals surface area (Å²) in [4.78, 5) is 10.8. The molecule has 1 N–H and O–H groups in total. The van der Waals surface area contributed by atoms with Crippen molar-refractivity contribution in [2.75, 3.05) is 30.3 Å². The highest BCUT2D eigenvalue weighted by Crippen LogP contribution is 2.34. The van der Waals surface area contributed by atoms with Crippen LogP contribution in [0.3, 0.4) is 0 Å². The smallest absolute Gasteiger partial charge is 0.324 e. The number of fused-ring (bicyclic) bond motifs is 1. The van der Waals surface area contributed by atoms with E-state index in [1.807, 2.05) is 0 Å². The van der Waals surface area contributed by atoms with Crippen LogP contribution in [0.2, 0.25) is 0 Å². The molecule has 19 heavy (non-hydrogen) atoms. The fourth-order valence-corrected chi connectivity index (χ4v) is 2.55. The van der Waals surface area contributed by atoms with Crippen LogP contribution in [0.15, 0.2) is 18.2 Å². The molecule has 1 aromatic carbocycles. The van der Waals surface area contributed by atoms with E-state index in [-0.39, 0.29) is 5.69 Å².